The molecule has 1 nitrogen and oxygen atoms in total. The highest BCUT2D eigenvalue weighted by Gasteiger charge is 2.40. The minimum atomic E-state index is -0.641. The second-order valence-electron chi connectivity index (χ2n) is 14.9. The monoisotopic (exact) mass is 727 g/mol. The van der Waals surface area contributed by atoms with Gasteiger partial charge in [0.1, 0.15) is 0 Å². The van der Waals surface area contributed by atoms with Crippen LogP contribution in [0.2, 0.25) is 0 Å². The van der Waals surface area contributed by atoms with E-state index < -0.39 is 5.41 Å². The van der Waals surface area contributed by atoms with E-state index in [0.717, 1.165) is 29.1 Å². The number of hydrogen-bond donors (Lipinski definition) is 0. The Balaban J connectivity index is 1.25. The predicted molar refractivity (Wildman–Crippen MR) is 243 cm³/mol. The van der Waals surface area contributed by atoms with Crippen molar-refractivity contribution < 1.29 is 0 Å². The van der Waals surface area contributed by atoms with Crippen LogP contribution in [0.5, 0.6) is 0 Å². The number of benzene rings is 9. The molecule has 1 aliphatic rings. The van der Waals surface area contributed by atoms with Crippen molar-refractivity contribution in [3.63, 3.8) is 0 Å². The highest BCUT2D eigenvalue weighted by atomic mass is 15.1. The quantitative estimate of drug-likeness (QED) is 0.154. The Labute approximate surface area is 334 Å². The first-order valence-electron chi connectivity index (χ1n) is 19.8. The molecular weight excluding hydrogens is 687 g/mol. The van der Waals surface area contributed by atoms with Gasteiger partial charge in [-0.2, -0.15) is 0 Å². The van der Waals surface area contributed by atoms with E-state index in [-0.39, 0.29) is 0 Å². The lowest BCUT2D eigenvalue weighted by molar-refractivity contribution is 0.737. The van der Waals surface area contributed by atoms with Crippen molar-refractivity contribution in [3.8, 4) is 11.1 Å². The molecule has 270 valence electrons. The standard InChI is InChI=1S/C56H41N/c1-40-18-6-2-9-21-43-32-35-48(39-55(43)56(40,44-22-10-4-11-23-44)45-24-12-5-13-25-45)57(46-33-30-42(31-34-46)41-19-7-3-8-20-41)47-36-37-53-51-28-15-14-26-49(51)50-27-16-17-29-52(50)54(53)38-47/h2-20,22-39H,1,21H2/b9-2-,18-6-. The topological polar surface area (TPSA) is 3.24 Å². The molecule has 9 aromatic rings. The summed E-state index contributed by atoms with van der Waals surface area (Å²) in [5.74, 6) is 0. The lowest BCUT2D eigenvalue weighted by atomic mass is 9.63. The van der Waals surface area contributed by atoms with Gasteiger partial charge >= 0.3 is 0 Å². The van der Waals surface area contributed by atoms with Crippen molar-refractivity contribution >= 4 is 49.4 Å². The summed E-state index contributed by atoms with van der Waals surface area (Å²) in [5, 5.41) is 7.56. The van der Waals surface area contributed by atoms with Gasteiger partial charge in [-0.15, -0.1) is 0 Å². The molecular formula is C56H41N. The molecule has 0 amide bonds. The van der Waals surface area contributed by atoms with Gasteiger partial charge in [0.25, 0.3) is 0 Å². The van der Waals surface area contributed by atoms with Crippen molar-refractivity contribution in [2.75, 3.05) is 4.90 Å². The van der Waals surface area contributed by atoms with Crippen molar-refractivity contribution in [2.45, 2.75) is 11.8 Å². The van der Waals surface area contributed by atoms with E-state index >= 15 is 0 Å². The highest BCUT2D eigenvalue weighted by molar-refractivity contribution is 6.25. The Morgan fingerprint density at radius 1 is 0.404 bits per heavy atom. The van der Waals surface area contributed by atoms with E-state index in [2.05, 4.69) is 229 Å². The molecule has 0 heterocycles. The zero-order valence-electron chi connectivity index (χ0n) is 31.7. The number of fused-ring (bicyclic) bond motifs is 7. The molecule has 1 heteroatoms. The maximum Gasteiger partial charge on any atom is 0.0699 e. The molecule has 0 aliphatic heterocycles. The Hall–Kier alpha value is -7.22. The molecule has 0 aromatic heterocycles. The van der Waals surface area contributed by atoms with Crippen LogP contribution < -0.4 is 4.90 Å². The third-order valence-electron chi connectivity index (χ3n) is 11.8. The average Bonchev–Trinajstić information content (AvgIpc) is 3.35. The largest absolute Gasteiger partial charge is 0.310 e. The lowest BCUT2D eigenvalue weighted by Crippen LogP contribution is -2.32. The van der Waals surface area contributed by atoms with Gasteiger partial charge in [-0.25, -0.2) is 0 Å². The number of allylic oxidation sites excluding steroid dienone is 5. The van der Waals surface area contributed by atoms with Crippen molar-refractivity contribution in [1.82, 2.24) is 0 Å². The van der Waals surface area contributed by atoms with Crippen LogP contribution in [0.4, 0.5) is 17.1 Å². The number of nitrogens with zero attached hydrogens (tertiary/aromatic N) is 1. The normalized spacial score (nSPS) is 14.7. The fraction of sp³-hybridized carbons (Fsp3) is 0.0357. The lowest BCUT2D eigenvalue weighted by Gasteiger charge is -2.39. The van der Waals surface area contributed by atoms with Gasteiger partial charge in [0.05, 0.1) is 5.41 Å². The molecule has 0 spiro atoms. The molecule has 0 bridgehead atoms. The van der Waals surface area contributed by atoms with Gasteiger partial charge < -0.3 is 4.90 Å². The molecule has 0 saturated heterocycles. The number of anilines is 3. The smallest absolute Gasteiger partial charge is 0.0699 e. The summed E-state index contributed by atoms with van der Waals surface area (Å²) in [6, 6.07) is 73.1. The van der Waals surface area contributed by atoms with Crippen molar-refractivity contribution in [2.24, 2.45) is 0 Å². The molecule has 0 saturated carbocycles. The molecule has 1 aliphatic carbocycles. The second kappa shape index (κ2) is 14.5. The Morgan fingerprint density at radius 2 is 0.877 bits per heavy atom. The van der Waals surface area contributed by atoms with Gasteiger partial charge in [0, 0.05) is 17.1 Å². The summed E-state index contributed by atoms with van der Waals surface area (Å²) < 4.78 is 0. The molecule has 0 N–H and O–H groups in total. The van der Waals surface area contributed by atoms with Crippen LogP contribution in [0.3, 0.4) is 0 Å². The van der Waals surface area contributed by atoms with E-state index in [1.165, 1.54) is 65.7 Å². The van der Waals surface area contributed by atoms with Crippen LogP contribution in [0.15, 0.2) is 237 Å². The van der Waals surface area contributed by atoms with Crippen LogP contribution in [0, 0.1) is 0 Å². The summed E-state index contributed by atoms with van der Waals surface area (Å²) in [5.41, 5.74) is 10.9. The first-order chi connectivity index (χ1) is 28.2. The van der Waals surface area contributed by atoms with Crippen LogP contribution in [-0.2, 0) is 11.8 Å². The Morgan fingerprint density at radius 3 is 1.49 bits per heavy atom. The van der Waals surface area contributed by atoms with E-state index in [1.807, 2.05) is 0 Å². The fourth-order valence-corrected chi connectivity index (χ4v) is 9.11. The zero-order valence-corrected chi connectivity index (χ0v) is 31.7. The first-order valence-corrected chi connectivity index (χ1v) is 19.8. The van der Waals surface area contributed by atoms with E-state index in [9.17, 15) is 0 Å². The minimum Gasteiger partial charge on any atom is -0.310 e. The second-order valence-corrected chi connectivity index (χ2v) is 14.9. The molecule has 0 radical (unpaired) electrons. The SMILES string of the molecule is C=C1/C=C\C=C/Cc2ccc(N(c3ccc(-c4ccccc4)cc3)c3ccc4c5ccccc5c5ccccc5c4c3)cc2C1(c1ccccc1)c1ccccc1. The van der Waals surface area contributed by atoms with Gasteiger partial charge in [-0.3, -0.25) is 0 Å². The third-order valence-corrected chi connectivity index (χ3v) is 11.8. The maximum absolute atomic E-state index is 4.85. The number of rotatable bonds is 6. The van der Waals surface area contributed by atoms with Crippen LogP contribution >= 0.6 is 0 Å². The maximum atomic E-state index is 4.85. The Kier molecular flexibility index (Phi) is 8.69. The zero-order chi connectivity index (χ0) is 38.2. The summed E-state index contributed by atoms with van der Waals surface area (Å²) in [6.07, 6.45) is 9.54. The molecule has 0 fully saturated rings. The predicted octanol–water partition coefficient (Wildman–Crippen LogP) is 14.8. The summed E-state index contributed by atoms with van der Waals surface area (Å²) >= 11 is 0. The van der Waals surface area contributed by atoms with Gasteiger partial charge in [0.2, 0.25) is 0 Å². The first kappa shape index (κ1) is 34.3. The summed E-state index contributed by atoms with van der Waals surface area (Å²) in [6.45, 7) is 4.85. The van der Waals surface area contributed by atoms with Crippen LogP contribution in [0.25, 0.3) is 43.4 Å². The van der Waals surface area contributed by atoms with Crippen molar-refractivity contribution in [1.29, 1.82) is 0 Å². The van der Waals surface area contributed by atoms with Crippen LogP contribution in [-0.4, -0.2) is 0 Å². The van der Waals surface area contributed by atoms with Crippen LogP contribution in [0.1, 0.15) is 22.3 Å². The van der Waals surface area contributed by atoms with Gasteiger partial charge in [0.15, 0.2) is 0 Å². The summed E-state index contributed by atoms with van der Waals surface area (Å²) in [7, 11) is 0. The van der Waals surface area contributed by atoms with Gasteiger partial charge in [-0.1, -0.05) is 195 Å². The third kappa shape index (κ3) is 5.88. The van der Waals surface area contributed by atoms with E-state index in [4.69, 9.17) is 6.58 Å². The number of hydrogen-bond acceptors (Lipinski definition) is 1. The molecule has 0 atom stereocenters. The molecule has 57 heavy (non-hydrogen) atoms. The molecule has 9 aromatic carbocycles. The average molecular weight is 728 g/mol. The van der Waals surface area contributed by atoms with Crippen molar-refractivity contribution in [3.05, 3.63) is 259 Å². The van der Waals surface area contributed by atoms with E-state index in [1.54, 1.807) is 0 Å². The molecule has 10 rings (SSSR count). The fourth-order valence-electron chi connectivity index (χ4n) is 9.11. The van der Waals surface area contributed by atoms with Gasteiger partial charge in [-0.05, 0) is 114 Å². The molecule has 0 unspecified atom stereocenters. The summed E-state index contributed by atoms with van der Waals surface area (Å²) in [4.78, 5) is 2.43. The Bertz CT molecular complexity index is 2900. The van der Waals surface area contributed by atoms with E-state index in [0.29, 0.717) is 0 Å². The highest BCUT2D eigenvalue weighted by Crippen LogP contribution is 2.49. The minimum absolute atomic E-state index is 0.641.